The Kier molecular flexibility index (Phi) is 8.35. The molecule has 2 aliphatic heterocycles. The van der Waals surface area contributed by atoms with Crippen LogP contribution in [-0.2, 0) is 11.3 Å². The Hall–Kier alpha value is -2.08. The van der Waals surface area contributed by atoms with E-state index in [0.717, 1.165) is 57.8 Å². The van der Waals surface area contributed by atoms with Crippen LogP contribution in [0.1, 0.15) is 51.0 Å². The first-order valence-electron chi connectivity index (χ1n) is 11.2. The number of nitrogens with zero attached hydrogens (tertiary/aromatic N) is 3. The maximum absolute atomic E-state index is 12.5. The number of carbonyl (C=O) groups is 1. The molecule has 1 aromatic rings. The highest BCUT2D eigenvalue weighted by Gasteiger charge is 2.23. The van der Waals surface area contributed by atoms with Gasteiger partial charge < -0.3 is 15.5 Å². The molecule has 2 N–H and O–H groups in total. The van der Waals surface area contributed by atoms with Crippen molar-refractivity contribution in [2.24, 2.45) is 4.99 Å². The summed E-state index contributed by atoms with van der Waals surface area (Å²) in [6.07, 6.45) is 6.25. The number of hydrogen-bond donors (Lipinski definition) is 2. The molecule has 0 bridgehead atoms. The Bertz CT molecular complexity index is 654. The highest BCUT2D eigenvalue weighted by Crippen LogP contribution is 2.17. The van der Waals surface area contributed by atoms with Crippen molar-refractivity contribution < 1.29 is 4.79 Å². The van der Waals surface area contributed by atoms with Gasteiger partial charge in [-0.25, -0.2) is 0 Å². The number of carbonyl (C=O) groups excluding carboxylic acids is 1. The van der Waals surface area contributed by atoms with Gasteiger partial charge in [0.05, 0.1) is 0 Å². The molecule has 29 heavy (non-hydrogen) atoms. The molecule has 160 valence electrons. The second kappa shape index (κ2) is 11.2. The summed E-state index contributed by atoms with van der Waals surface area (Å²) in [6, 6.07) is 11.5. The molecule has 0 saturated carbocycles. The van der Waals surface area contributed by atoms with Crippen molar-refractivity contribution in [2.75, 3.05) is 33.2 Å². The first-order valence-corrected chi connectivity index (χ1v) is 11.2. The number of amides is 1. The van der Waals surface area contributed by atoms with Gasteiger partial charge in [0.1, 0.15) is 0 Å². The monoisotopic (exact) mass is 399 g/mol. The highest BCUT2D eigenvalue weighted by atomic mass is 16.2. The van der Waals surface area contributed by atoms with Crippen LogP contribution in [0.25, 0.3) is 0 Å². The number of benzene rings is 1. The zero-order chi connectivity index (χ0) is 20.5. The third kappa shape index (κ3) is 6.74. The summed E-state index contributed by atoms with van der Waals surface area (Å²) in [5.74, 6) is 1.07. The Labute approximate surface area is 175 Å². The summed E-state index contributed by atoms with van der Waals surface area (Å²) in [5.41, 5.74) is 1.38. The topological polar surface area (TPSA) is 60.0 Å². The normalized spacial score (nSPS) is 21.8. The summed E-state index contributed by atoms with van der Waals surface area (Å²) in [7, 11) is 1.80. The maximum atomic E-state index is 12.5. The molecule has 1 amide bonds. The largest absolute Gasteiger partial charge is 0.356 e. The van der Waals surface area contributed by atoms with Gasteiger partial charge in [-0.1, -0.05) is 30.3 Å². The third-order valence-corrected chi connectivity index (χ3v) is 6.16. The molecule has 0 spiro atoms. The lowest BCUT2D eigenvalue weighted by molar-refractivity contribution is -0.134. The zero-order valence-electron chi connectivity index (χ0n) is 18.1. The van der Waals surface area contributed by atoms with Gasteiger partial charge in [-0.15, -0.1) is 0 Å². The van der Waals surface area contributed by atoms with Crippen molar-refractivity contribution in [1.82, 2.24) is 20.4 Å². The summed E-state index contributed by atoms with van der Waals surface area (Å²) in [6.45, 7) is 6.92. The molecule has 1 aromatic carbocycles. The number of guanidine groups is 1. The summed E-state index contributed by atoms with van der Waals surface area (Å²) >= 11 is 0. The molecule has 6 nitrogen and oxygen atoms in total. The van der Waals surface area contributed by atoms with E-state index in [1.165, 1.54) is 12.0 Å². The molecule has 2 heterocycles. The molecule has 0 aliphatic carbocycles. The third-order valence-electron chi connectivity index (χ3n) is 6.16. The Balaban J connectivity index is 1.34. The van der Waals surface area contributed by atoms with Crippen LogP contribution in [0.4, 0.5) is 0 Å². The van der Waals surface area contributed by atoms with Crippen molar-refractivity contribution in [1.29, 1.82) is 0 Å². The molecule has 2 aliphatic rings. The molecule has 0 radical (unpaired) electrons. The summed E-state index contributed by atoms with van der Waals surface area (Å²) in [4.78, 5) is 21.4. The zero-order valence-corrected chi connectivity index (χ0v) is 18.1. The van der Waals surface area contributed by atoms with E-state index >= 15 is 0 Å². The standard InChI is InChI=1S/C23H37N5O/c1-19-8-6-7-15-28(19)22(29)11-14-25-23(24-2)26-21-12-16-27(17-13-21)18-20-9-4-3-5-10-20/h3-5,9-10,19,21H,6-8,11-18H2,1-2H3,(H2,24,25,26). The minimum atomic E-state index is 0.259. The van der Waals surface area contributed by atoms with Gasteiger partial charge in [0.2, 0.25) is 5.91 Å². The lowest BCUT2D eigenvalue weighted by Gasteiger charge is -2.34. The molecule has 3 rings (SSSR count). The van der Waals surface area contributed by atoms with Crippen molar-refractivity contribution >= 4 is 11.9 Å². The number of piperidine rings is 2. The van der Waals surface area contributed by atoms with E-state index in [9.17, 15) is 4.79 Å². The fourth-order valence-electron chi connectivity index (χ4n) is 4.37. The average molecular weight is 400 g/mol. The van der Waals surface area contributed by atoms with Crippen LogP contribution in [0.3, 0.4) is 0 Å². The first kappa shape index (κ1) is 21.6. The number of rotatable bonds is 6. The molecule has 1 unspecified atom stereocenters. The number of hydrogen-bond acceptors (Lipinski definition) is 3. The van der Waals surface area contributed by atoms with Gasteiger partial charge in [0.25, 0.3) is 0 Å². The van der Waals surface area contributed by atoms with Gasteiger partial charge in [0.15, 0.2) is 5.96 Å². The molecular formula is C23H37N5O. The smallest absolute Gasteiger partial charge is 0.224 e. The van der Waals surface area contributed by atoms with Gasteiger partial charge in [-0.2, -0.15) is 0 Å². The Morgan fingerprint density at radius 2 is 1.86 bits per heavy atom. The maximum Gasteiger partial charge on any atom is 0.224 e. The van der Waals surface area contributed by atoms with Crippen molar-refractivity contribution in [3.8, 4) is 0 Å². The quantitative estimate of drug-likeness (QED) is 0.570. The number of likely N-dealkylation sites (tertiary alicyclic amines) is 2. The van der Waals surface area contributed by atoms with E-state index in [-0.39, 0.29) is 5.91 Å². The molecule has 1 atom stereocenters. The van der Waals surface area contributed by atoms with Crippen molar-refractivity contribution in [3.63, 3.8) is 0 Å². The highest BCUT2D eigenvalue weighted by molar-refractivity contribution is 5.81. The molecule has 0 aromatic heterocycles. The average Bonchev–Trinajstić information content (AvgIpc) is 2.75. The predicted octanol–water partition coefficient (Wildman–Crippen LogP) is 2.61. The van der Waals surface area contributed by atoms with Gasteiger partial charge >= 0.3 is 0 Å². The molecule has 2 saturated heterocycles. The minimum absolute atomic E-state index is 0.259. The van der Waals surface area contributed by atoms with Gasteiger partial charge in [0, 0.05) is 58.3 Å². The van der Waals surface area contributed by atoms with E-state index < -0.39 is 0 Å². The van der Waals surface area contributed by atoms with Crippen LogP contribution in [0.5, 0.6) is 0 Å². The SMILES string of the molecule is CN=C(NCCC(=O)N1CCCCC1C)NC1CCN(Cc2ccccc2)CC1. The second-order valence-electron chi connectivity index (χ2n) is 8.36. The van der Waals surface area contributed by atoms with E-state index in [1.54, 1.807) is 7.05 Å². The second-order valence-corrected chi connectivity index (χ2v) is 8.36. The minimum Gasteiger partial charge on any atom is -0.356 e. The van der Waals surface area contributed by atoms with Crippen molar-refractivity contribution in [3.05, 3.63) is 35.9 Å². The first-order chi connectivity index (χ1) is 14.2. The van der Waals surface area contributed by atoms with Crippen molar-refractivity contribution in [2.45, 2.75) is 64.1 Å². The van der Waals surface area contributed by atoms with Crippen LogP contribution >= 0.6 is 0 Å². The molecule has 2 fully saturated rings. The summed E-state index contributed by atoms with van der Waals surface area (Å²) in [5, 5.41) is 6.87. The van der Waals surface area contributed by atoms with E-state index in [2.05, 4.69) is 57.8 Å². The van der Waals surface area contributed by atoms with E-state index in [4.69, 9.17) is 0 Å². The summed E-state index contributed by atoms with van der Waals surface area (Å²) < 4.78 is 0. The van der Waals surface area contributed by atoms with Crippen LogP contribution in [0, 0.1) is 0 Å². The van der Waals surface area contributed by atoms with Crippen LogP contribution in [0.2, 0.25) is 0 Å². The van der Waals surface area contributed by atoms with Gasteiger partial charge in [-0.3, -0.25) is 14.7 Å². The number of aliphatic imine (C=N–C) groups is 1. The van der Waals surface area contributed by atoms with Gasteiger partial charge in [-0.05, 0) is 44.6 Å². The fraction of sp³-hybridized carbons (Fsp3) is 0.652. The van der Waals surface area contributed by atoms with E-state index in [1.807, 2.05) is 4.90 Å². The lowest BCUT2D eigenvalue weighted by atomic mass is 10.0. The Morgan fingerprint density at radius 1 is 1.10 bits per heavy atom. The Morgan fingerprint density at radius 3 is 2.55 bits per heavy atom. The van der Waals surface area contributed by atoms with Crippen LogP contribution in [0.15, 0.2) is 35.3 Å². The van der Waals surface area contributed by atoms with Crippen LogP contribution in [-0.4, -0.2) is 67.0 Å². The molecule has 6 heteroatoms. The fourth-order valence-corrected chi connectivity index (χ4v) is 4.37. The van der Waals surface area contributed by atoms with Crippen LogP contribution < -0.4 is 10.6 Å². The number of nitrogens with one attached hydrogen (secondary N) is 2. The lowest BCUT2D eigenvalue weighted by Crippen LogP contribution is -2.49. The van der Waals surface area contributed by atoms with E-state index in [0.29, 0.717) is 25.0 Å². The molecular weight excluding hydrogens is 362 g/mol. The predicted molar refractivity (Wildman–Crippen MR) is 119 cm³/mol.